The van der Waals surface area contributed by atoms with Crippen molar-refractivity contribution in [3.63, 3.8) is 0 Å². The Morgan fingerprint density at radius 1 is 1.25 bits per heavy atom. The largest absolute Gasteiger partial charge is 0.534 e. The van der Waals surface area contributed by atoms with Crippen LogP contribution >= 0.6 is 0 Å². The minimum atomic E-state index is -5.94. The fourth-order valence-electron chi connectivity index (χ4n) is 1.31. The summed E-state index contributed by atoms with van der Waals surface area (Å²) >= 11 is 0. The van der Waals surface area contributed by atoms with Gasteiger partial charge in [0, 0.05) is 6.42 Å². The first kappa shape index (κ1) is 16.4. The van der Waals surface area contributed by atoms with E-state index in [9.17, 15) is 31.5 Å². The molecule has 0 saturated carbocycles. The van der Waals surface area contributed by atoms with Crippen molar-refractivity contribution in [3.8, 4) is 0 Å². The number of carbonyl (C=O) groups is 1. The molecule has 0 spiro atoms. The van der Waals surface area contributed by atoms with Crippen LogP contribution in [0.4, 0.5) is 13.2 Å². The highest BCUT2D eigenvalue weighted by Gasteiger charge is 2.49. The van der Waals surface area contributed by atoms with Crippen molar-refractivity contribution < 1.29 is 35.7 Å². The Bertz CT molecular complexity index is 553. The zero-order chi connectivity index (χ0) is 15.4. The Morgan fingerprint density at radius 2 is 1.80 bits per heavy atom. The smallest absolute Gasteiger partial charge is 0.388 e. The number of hydrogen-bond donors (Lipinski definition) is 1. The van der Waals surface area contributed by atoms with Gasteiger partial charge in [0.2, 0.25) is 0 Å². The Kier molecular flexibility index (Phi) is 5.12. The van der Waals surface area contributed by atoms with Crippen LogP contribution in [-0.2, 0) is 19.1 Å². The molecule has 0 bridgehead atoms. The third-order valence-electron chi connectivity index (χ3n) is 2.29. The summed E-state index contributed by atoms with van der Waals surface area (Å²) in [5, 5.41) is 9.65. The molecule has 0 fully saturated rings. The second-order valence-corrected chi connectivity index (χ2v) is 5.36. The third kappa shape index (κ3) is 4.49. The van der Waals surface area contributed by atoms with E-state index in [4.69, 9.17) is 0 Å². The highest BCUT2D eigenvalue weighted by atomic mass is 32.2. The maximum atomic E-state index is 11.9. The van der Waals surface area contributed by atoms with Gasteiger partial charge in [-0.2, -0.15) is 21.6 Å². The van der Waals surface area contributed by atoms with E-state index in [2.05, 4.69) is 4.18 Å². The second kappa shape index (κ2) is 6.23. The molecule has 20 heavy (non-hydrogen) atoms. The van der Waals surface area contributed by atoms with E-state index < -0.39 is 34.1 Å². The first-order valence-electron chi connectivity index (χ1n) is 5.40. The molecule has 1 N–H and O–H groups in total. The number of rotatable bonds is 5. The van der Waals surface area contributed by atoms with Crippen molar-refractivity contribution in [3.05, 3.63) is 35.9 Å². The van der Waals surface area contributed by atoms with Crippen LogP contribution in [0, 0.1) is 0 Å². The Labute approximate surface area is 113 Å². The Morgan fingerprint density at radius 3 is 2.30 bits per heavy atom. The maximum absolute atomic E-state index is 11.9. The normalized spacial score (nSPS) is 13.8. The molecular formula is C11H11F3O5S. The average molecular weight is 312 g/mol. The van der Waals surface area contributed by atoms with E-state index in [-0.39, 0.29) is 6.42 Å². The predicted molar refractivity (Wildman–Crippen MR) is 61.7 cm³/mol. The van der Waals surface area contributed by atoms with Crippen LogP contribution in [0.1, 0.15) is 24.5 Å². The zero-order valence-corrected chi connectivity index (χ0v) is 10.8. The van der Waals surface area contributed by atoms with Crippen molar-refractivity contribution in [2.75, 3.05) is 0 Å². The summed E-state index contributed by atoms with van der Waals surface area (Å²) in [5.41, 5.74) is -5.19. The number of carbonyl (C=O) groups excluding carboxylic acids is 1. The van der Waals surface area contributed by atoms with Crippen LogP contribution in [0.3, 0.4) is 0 Å². The summed E-state index contributed by atoms with van der Waals surface area (Å²) in [7, 11) is -5.94. The molecule has 0 amide bonds. The first-order valence-corrected chi connectivity index (χ1v) is 6.81. The summed E-state index contributed by atoms with van der Waals surface area (Å²) in [6.07, 6.45) is -2.01. The van der Waals surface area contributed by atoms with Gasteiger partial charge in [0.1, 0.15) is 0 Å². The molecule has 0 aromatic heterocycles. The van der Waals surface area contributed by atoms with Crippen molar-refractivity contribution in [1.29, 1.82) is 0 Å². The van der Waals surface area contributed by atoms with Crippen molar-refractivity contribution in [2.45, 2.75) is 24.5 Å². The summed E-state index contributed by atoms with van der Waals surface area (Å²) in [5.74, 6) is -1.57. The number of aliphatic hydroxyl groups excluding tert-OH is 1. The summed E-state index contributed by atoms with van der Waals surface area (Å²) < 4.78 is 60.3. The lowest BCUT2D eigenvalue weighted by Gasteiger charge is -2.11. The van der Waals surface area contributed by atoms with Gasteiger partial charge in [-0.25, -0.2) is 0 Å². The van der Waals surface area contributed by atoms with Gasteiger partial charge in [-0.05, 0) is 12.0 Å². The van der Waals surface area contributed by atoms with Crippen LogP contribution in [-0.4, -0.2) is 25.0 Å². The lowest BCUT2D eigenvalue weighted by Crippen LogP contribution is -2.28. The molecule has 0 heterocycles. The van der Waals surface area contributed by atoms with Crippen LogP contribution in [0.5, 0.6) is 0 Å². The topological polar surface area (TPSA) is 80.7 Å². The molecule has 1 atom stereocenters. The lowest BCUT2D eigenvalue weighted by atomic mass is 10.1. The third-order valence-corrected chi connectivity index (χ3v) is 3.26. The number of aliphatic hydroxyl groups is 1. The van der Waals surface area contributed by atoms with Crippen molar-refractivity contribution in [2.24, 2.45) is 0 Å². The first-order chi connectivity index (χ1) is 9.13. The molecule has 5 nitrogen and oxygen atoms in total. The van der Waals surface area contributed by atoms with Crippen molar-refractivity contribution in [1.82, 2.24) is 0 Å². The standard InChI is InChI=1S/C11H11F3O5S/c12-11(13,14)20(17,18)19-10(16)7-6-9(15)8-4-2-1-3-5-8/h1-5,9,15H,6-7H2/t9-/m1/s1. The highest BCUT2D eigenvalue weighted by molar-refractivity contribution is 7.88. The number of hydrogen-bond acceptors (Lipinski definition) is 5. The van der Waals surface area contributed by atoms with E-state index in [0.717, 1.165) is 0 Å². The van der Waals surface area contributed by atoms with Gasteiger partial charge in [-0.1, -0.05) is 30.3 Å². The minimum Gasteiger partial charge on any atom is -0.388 e. The van der Waals surface area contributed by atoms with E-state index in [1.807, 2.05) is 0 Å². The summed E-state index contributed by atoms with van der Waals surface area (Å²) in [6.45, 7) is 0. The molecule has 0 aliphatic rings. The molecule has 1 rings (SSSR count). The van der Waals surface area contributed by atoms with Gasteiger partial charge in [-0.15, -0.1) is 0 Å². The molecule has 9 heteroatoms. The van der Waals surface area contributed by atoms with E-state index in [1.165, 1.54) is 0 Å². The number of benzene rings is 1. The fourth-order valence-corrected chi connectivity index (χ4v) is 1.73. The molecular weight excluding hydrogens is 301 g/mol. The van der Waals surface area contributed by atoms with Gasteiger partial charge >= 0.3 is 21.6 Å². The number of alkyl halides is 3. The second-order valence-electron chi connectivity index (χ2n) is 3.82. The SMILES string of the molecule is O=C(CC[C@@H](O)c1ccccc1)OS(=O)(=O)C(F)(F)F. The van der Waals surface area contributed by atoms with E-state index >= 15 is 0 Å². The molecule has 1 aromatic rings. The van der Waals surface area contributed by atoms with Gasteiger partial charge in [0.15, 0.2) is 0 Å². The van der Waals surface area contributed by atoms with Crippen molar-refractivity contribution >= 4 is 16.1 Å². The lowest BCUT2D eigenvalue weighted by molar-refractivity contribution is -0.136. The molecule has 0 aliphatic carbocycles. The quantitative estimate of drug-likeness (QED) is 0.663. The monoisotopic (exact) mass is 312 g/mol. The van der Waals surface area contributed by atoms with E-state index in [0.29, 0.717) is 5.56 Å². The Hall–Kier alpha value is -1.61. The van der Waals surface area contributed by atoms with E-state index in [1.54, 1.807) is 30.3 Å². The predicted octanol–water partition coefficient (Wildman–Crippen LogP) is 1.89. The highest BCUT2D eigenvalue weighted by Crippen LogP contribution is 2.25. The van der Waals surface area contributed by atoms with Gasteiger partial charge in [0.05, 0.1) is 6.10 Å². The summed E-state index contributed by atoms with van der Waals surface area (Å²) in [6, 6.07) is 8.07. The van der Waals surface area contributed by atoms with Gasteiger partial charge in [-0.3, -0.25) is 4.79 Å². The Balaban J connectivity index is 2.53. The van der Waals surface area contributed by atoms with Crippen LogP contribution in [0.25, 0.3) is 0 Å². The molecule has 0 radical (unpaired) electrons. The zero-order valence-electron chi connectivity index (χ0n) is 10.0. The maximum Gasteiger partial charge on any atom is 0.534 e. The van der Waals surface area contributed by atoms with Gasteiger partial charge in [0.25, 0.3) is 0 Å². The molecule has 0 saturated heterocycles. The number of halogens is 3. The van der Waals surface area contributed by atoms with Crippen LogP contribution < -0.4 is 0 Å². The molecule has 0 aliphatic heterocycles. The molecule has 0 unspecified atom stereocenters. The minimum absolute atomic E-state index is 0.254. The molecule has 112 valence electrons. The van der Waals surface area contributed by atoms with Gasteiger partial charge < -0.3 is 9.29 Å². The summed E-state index contributed by atoms with van der Waals surface area (Å²) in [4.78, 5) is 11.0. The molecule has 1 aromatic carbocycles. The van der Waals surface area contributed by atoms with Crippen LogP contribution in [0.15, 0.2) is 30.3 Å². The van der Waals surface area contributed by atoms with Crippen LogP contribution in [0.2, 0.25) is 0 Å². The average Bonchev–Trinajstić information content (AvgIpc) is 2.35. The fraction of sp³-hybridized carbons (Fsp3) is 0.364.